The lowest BCUT2D eigenvalue weighted by Crippen LogP contribution is -1.87. The van der Waals surface area contributed by atoms with Crippen LogP contribution < -0.4 is 0 Å². The zero-order valence-corrected chi connectivity index (χ0v) is 8.49. The third kappa shape index (κ3) is 1.61. The van der Waals surface area contributed by atoms with Crippen LogP contribution in [-0.2, 0) is 0 Å². The van der Waals surface area contributed by atoms with E-state index < -0.39 is 0 Å². The van der Waals surface area contributed by atoms with Crippen molar-refractivity contribution in [3.05, 3.63) is 47.5 Å². The smallest absolute Gasteiger partial charge is 0.137 e. The van der Waals surface area contributed by atoms with Crippen molar-refractivity contribution >= 4 is 11.6 Å². The highest BCUT2D eigenvalue weighted by Crippen LogP contribution is 2.28. The van der Waals surface area contributed by atoms with E-state index in [-0.39, 0.29) is 0 Å². The quantitative estimate of drug-likeness (QED) is 0.667. The molecule has 0 saturated heterocycles. The van der Waals surface area contributed by atoms with E-state index in [9.17, 15) is 0 Å². The average Bonchev–Trinajstić information content (AvgIpc) is 2.19. The molecule has 0 aromatic carbocycles. The predicted molar refractivity (Wildman–Crippen MR) is 57.2 cm³/mol. The number of nitrogens with zero attached hydrogens (tertiary/aromatic N) is 2. The first kappa shape index (κ1) is 9.16. The van der Waals surface area contributed by atoms with Crippen LogP contribution in [0, 0.1) is 6.92 Å². The second-order valence-electron chi connectivity index (χ2n) is 3.04. The summed E-state index contributed by atoms with van der Waals surface area (Å²) in [4.78, 5) is 8.11. The van der Waals surface area contributed by atoms with Crippen LogP contribution in [0.4, 0.5) is 0 Å². The first-order valence-corrected chi connectivity index (χ1v) is 4.68. The van der Waals surface area contributed by atoms with Crippen LogP contribution in [0.15, 0.2) is 36.8 Å². The molecule has 0 atom stereocenters. The molecule has 2 heterocycles. The van der Waals surface area contributed by atoms with Crippen molar-refractivity contribution in [3.63, 3.8) is 0 Å². The van der Waals surface area contributed by atoms with E-state index in [4.69, 9.17) is 11.6 Å². The maximum Gasteiger partial charge on any atom is 0.137 e. The van der Waals surface area contributed by atoms with Crippen LogP contribution in [0.1, 0.15) is 5.56 Å². The fraction of sp³-hybridized carbons (Fsp3) is 0.0909. The number of hydrogen-bond donors (Lipinski definition) is 0. The third-order valence-corrected chi connectivity index (χ3v) is 2.35. The van der Waals surface area contributed by atoms with Gasteiger partial charge in [-0.05, 0) is 24.6 Å². The molecular formula is C11H9ClN2. The maximum absolute atomic E-state index is 6.03. The number of aromatic nitrogens is 2. The summed E-state index contributed by atoms with van der Waals surface area (Å²) >= 11 is 6.03. The third-order valence-electron chi connectivity index (χ3n) is 2.06. The Balaban J connectivity index is 2.63. The highest BCUT2D eigenvalue weighted by Gasteiger charge is 2.06. The number of pyridine rings is 2. The van der Waals surface area contributed by atoms with E-state index in [1.807, 2.05) is 25.1 Å². The summed E-state index contributed by atoms with van der Waals surface area (Å²) in [6.45, 7) is 2.01. The van der Waals surface area contributed by atoms with Crippen molar-refractivity contribution in [1.29, 1.82) is 0 Å². The lowest BCUT2D eigenvalue weighted by molar-refractivity contribution is 1.27. The van der Waals surface area contributed by atoms with Crippen molar-refractivity contribution in [2.75, 3.05) is 0 Å². The van der Waals surface area contributed by atoms with E-state index in [1.165, 1.54) is 0 Å². The molecule has 0 unspecified atom stereocenters. The van der Waals surface area contributed by atoms with Crippen LogP contribution in [0.25, 0.3) is 11.1 Å². The predicted octanol–water partition coefficient (Wildman–Crippen LogP) is 3.11. The molecule has 0 saturated carbocycles. The summed E-state index contributed by atoms with van der Waals surface area (Å²) in [6, 6.07) is 5.80. The Morgan fingerprint density at radius 2 is 2.07 bits per heavy atom. The second kappa shape index (κ2) is 3.76. The molecule has 2 aromatic rings. The van der Waals surface area contributed by atoms with Crippen molar-refractivity contribution in [2.45, 2.75) is 6.92 Å². The Morgan fingerprint density at radius 3 is 2.71 bits per heavy atom. The van der Waals surface area contributed by atoms with Crippen LogP contribution in [-0.4, -0.2) is 9.97 Å². The van der Waals surface area contributed by atoms with Crippen LogP contribution in [0.2, 0.25) is 5.15 Å². The molecule has 2 nitrogen and oxygen atoms in total. The van der Waals surface area contributed by atoms with Gasteiger partial charge < -0.3 is 0 Å². The number of rotatable bonds is 1. The Morgan fingerprint density at radius 1 is 1.21 bits per heavy atom. The van der Waals surface area contributed by atoms with Crippen LogP contribution >= 0.6 is 11.6 Å². The second-order valence-corrected chi connectivity index (χ2v) is 3.39. The molecule has 0 aliphatic carbocycles. The van der Waals surface area contributed by atoms with Gasteiger partial charge in [0.2, 0.25) is 0 Å². The largest absolute Gasteiger partial charge is 0.264 e. The zero-order valence-electron chi connectivity index (χ0n) is 7.74. The van der Waals surface area contributed by atoms with Crippen molar-refractivity contribution in [1.82, 2.24) is 9.97 Å². The van der Waals surface area contributed by atoms with E-state index in [0.717, 1.165) is 16.7 Å². The molecule has 0 amide bonds. The van der Waals surface area contributed by atoms with Crippen LogP contribution in [0.3, 0.4) is 0 Å². The standard InChI is InChI=1S/C11H9ClN2/c1-8-4-6-14-11(12)10(8)9-3-2-5-13-7-9/h2-7H,1H3. The summed E-state index contributed by atoms with van der Waals surface area (Å²) in [5, 5.41) is 0.526. The molecule has 0 aliphatic heterocycles. The summed E-state index contributed by atoms with van der Waals surface area (Å²) in [7, 11) is 0. The first-order chi connectivity index (χ1) is 6.79. The minimum Gasteiger partial charge on any atom is -0.264 e. The molecule has 2 rings (SSSR count). The Labute approximate surface area is 87.6 Å². The van der Waals surface area contributed by atoms with E-state index >= 15 is 0 Å². The van der Waals surface area contributed by atoms with Gasteiger partial charge in [0.05, 0.1) is 0 Å². The molecule has 0 fully saturated rings. The molecule has 0 radical (unpaired) electrons. The summed E-state index contributed by atoms with van der Waals surface area (Å²) in [6.07, 6.45) is 5.23. The lowest BCUT2D eigenvalue weighted by atomic mass is 10.1. The molecule has 0 N–H and O–H groups in total. The monoisotopic (exact) mass is 204 g/mol. The van der Waals surface area contributed by atoms with Gasteiger partial charge in [-0.2, -0.15) is 0 Å². The first-order valence-electron chi connectivity index (χ1n) is 4.30. The molecule has 0 bridgehead atoms. The minimum atomic E-state index is 0.526. The minimum absolute atomic E-state index is 0.526. The van der Waals surface area contributed by atoms with Gasteiger partial charge >= 0.3 is 0 Å². The zero-order chi connectivity index (χ0) is 9.97. The molecule has 14 heavy (non-hydrogen) atoms. The fourth-order valence-corrected chi connectivity index (χ4v) is 1.70. The highest BCUT2D eigenvalue weighted by atomic mass is 35.5. The van der Waals surface area contributed by atoms with Gasteiger partial charge in [0.15, 0.2) is 0 Å². The average molecular weight is 205 g/mol. The van der Waals surface area contributed by atoms with Gasteiger partial charge in [-0.3, -0.25) is 4.98 Å². The summed E-state index contributed by atoms with van der Waals surface area (Å²) in [5.74, 6) is 0. The molecule has 3 heteroatoms. The molecule has 70 valence electrons. The topological polar surface area (TPSA) is 25.8 Å². The van der Waals surface area contributed by atoms with Gasteiger partial charge in [-0.25, -0.2) is 4.98 Å². The van der Waals surface area contributed by atoms with Crippen molar-refractivity contribution in [3.8, 4) is 11.1 Å². The van der Waals surface area contributed by atoms with Crippen molar-refractivity contribution < 1.29 is 0 Å². The Kier molecular flexibility index (Phi) is 2.46. The van der Waals surface area contributed by atoms with Gasteiger partial charge in [0.1, 0.15) is 5.15 Å². The number of hydrogen-bond acceptors (Lipinski definition) is 2. The molecule has 0 spiro atoms. The SMILES string of the molecule is Cc1ccnc(Cl)c1-c1cccnc1. The van der Waals surface area contributed by atoms with E-state index in [0.29, 0.717) is 5.15 Å². The van der Waals surface area contributed by atoms with Crippen molar-refractivity contribution in [2.24, 2.45) is 0 Å². The van der Waals surface area contributed by atoms with Gasteiger partial charge in [-0.15, -0.1) is 0 Å². The highest BCUT2D eigenvalue weighted by molar-refractivity contribution is 6.32. The lowest BCUT2D eigenvalue weighted by Gasteiger charge is -2.06. The normalized spacial score (nSPS) is 10.1. The molecule has 2 aromatic heterocycles. The fourth-order valence-electron chi connectivity index (χ4n) is 1.38. The van der Waals surface area contributed by atoms with Gasteiger partial charge in [0, 0.05) is 29.7 Å². The Hall–Kier alpha value is -1.41. The molecule has 0 aliphatic rings. The van der Waals surface area contributed by atoms with Gasteiger partial charge in [-0.1, -0.05) is 17.7 Å². The summed E-state index contributed by atoms with van der Waals surface area (Å²) < 4.78 is 0. The Bertz CT molecular complexity index is 420. The maximum atomic E-state index is 6.03. The number of halogens is 1. The van der Waals surface area contributed by atoms with E-state index in [1.54, 1.807) is 18.6 Å². The van der Waals surface area contributed by atoms with Gasteiger partial charge in [0.25, 0.3) is 0 Å². The van der Waals surface area contributed by atoms with E-state index in [2.05, 4.69) is 9.97 Å². The number of aryl methyl sites for hydroxylation is 1. The molecular weight excluding hydrogens is 196 g/mol. The summed E-state index contributed by atoms with van der Waals surface area (Å²) in [5.41, 5.74) is 3.07. The van der Waals surface area contributed by atoms with Crippen LogP contribution in [0.5, 0.6) is 0 Å².